The summed E-state index contributed by atoms with van der Waals surface area (Å²) < 4.78 is 11.0. The lowest BCUT2D eigenvalue weighted by molar-refractivity contribution is -0.172. The Kier molecular flexibility index (Phi) is 5.15. The second-order valence-corrected chi connectivity index (χ2v) is 8.32. The van der Waals surface area contributed by atoms with E-state index in [1.54, 1.807) is 0 Å². The first-order chi connectivity index (χ1) is 8.60. The Balaban J connectivity index is 2.49. The van der Waals surface area contributed by atoms with Crippen molar-refractivity contribution in [3.05, 3.63) is 0 Å². The van der Waals surface area contributed by atoms with E-state index < -0.39 is 15.3 Å². The highest BCUT2D eigenvalue weighted by atomic mass is 28.3. The van der Waals surface area contributed by atoms with Gasteiger partial charge in [-0.05, 0) is 24.9 Å². The fourth-order valence-corrected chi connectivity index (χ4v) is 4.65. The summed E-state index contributed by atoms with van der Waals surface area (Å²) in [5, 5.41) is 2.58. The van der Waals surface area contributed by atoms with Crippen molar-refractivity contribution in [2.45, 2.75) is 59.5 Å². The molecule has 1 aliphatic heterocycles. The minimum atomic E-state index is -0.962. The molecule has 0 spiro atoms. The van der Waals surface area contributed by atoms with E-state index in [2.05, 4.69) is 32.6 Å². The molecule has 0 aromatic heterocycles. The van der Waals surface area contributed by atoms with Gasteiger partial charge in [0.05, 0.1) is 6.10 Å². The van der Waals surface area contributed by atoms with Crippen LogP contribution in [0, 0.1) is 11.3 Å². The Hall–Kier alpha value is -0.883. The molecule has 1 heterocycles. The Labute approximate surface area is 116 Å². The second-order valence-electron chi connectivity index (χ2n) is 6.33. The van der Waals surface area contributed by atoms with Gasteiger partial charge in [0.25, 0.3) is 0 Å². The molecule has 0 aromatic rings. The maximum atomic E-state index is 11.6. The average molecular weight is 286 g/mol. The van der Waals surface area contributed by atoms with Gasteiger partial charge in [-0.15, -0.1) is 0 Å². The molecule has 1 saturated heterocycles. The van der Waals surface area contributed by atoms with Crippen LogP contribution in [-0.2, 0) is 18.8 Å². The van der Waals surface area contributed by atoms with Crippen LogP contribution in [0.5, 0.6) is 0 Å². The maximum absolute atomic E-state index is 11.6. The summed E-state index contributed by atoms with van der Waals surface area (Å²) in [6.07, 6.45) is -0.760. The SMILES string of the molecule is CC(=O)O[C@H]1NC(=O)[C@@H]1[C@@H](C)O[Si](C)CC(C)(C)C. The molecule has 0 bridgehead atoms. The summed E-state index contributed by atoms with van der Waals surface area (Å²) in [7, 11) is -0.962. The smallest absolute Gasteiger partial charge is 0.304 e. The van der Waals surface area contributed by atoms with Crippen molar-refractivity contribution in [3.63, 3.8) is 0 Å². The van der Waals surface area contributed by atoms with E-state index in [0.29, 0.717) is 0 Å². The number of esters is 1. The monoisotopic (exact) mass is 286 g/mol. The van der Waals surface area contributed by atoms with Gasteiger partial charge in [-0.25, -0.2) is 0 Å². The summed E-state index contributed by atoms with van der Waals surface area (Å²) in [4.78, 5) is 22.5. The van der Waals surface area contributed by atoms with Crippen LogP contribution in [0.15, 0.2) is 0 Å². The number of amides is 1. The Bertz CT molecular complexity index is 353. The van der Waals surface area contributed by atoms with Gasteiger partial charge in [0.15, 0.2) is 6.23 Å². The third-order valence-electron chi connectivity index (χ3n) is 2.88. The van der Waals surface area contributed by atoms with Gasteiger partial charge >= 0.3 is 5.97 Å². The summed E-state index contributed by atoms with van der Waals surface area (Å²) in [6, 6.07) is 1.01. The van der Waals surface area contributed by atoms with E-state index in [4.69, 9.17) is 9.16 Å². The van der Waals surface area contributed by atoms with Gasteiger partial charge in [-0.3, -0.25) is 9.59 Å². The van der Waals surface area contributed by atoms with Crippen LogP contribution in [-0.4, -0.2) is 33.2 Å². The minimum Gasteiger partial charge on any atom is -0.441 e. The Morgan fingerprint density at radius 3 is 2.47 bits per heavy atom. The van der Waals surface area contributed by atoms with E-state index in [0.717, 1.165) is 6.04 Å². The zero-order valence-corrected chi connectivity index (χ0v) is 13.6. The number of β-lactam (4-membered cyclic amide) rings is 1. The van der Waals surface area contributed by atoms with Crippen LogP contribution in [0.4, 0.5) is 0 Å². The van der Waals surface area contributed by atoms with E-state index >= 15 is 0 Å². The van der Waals surface area contributed by atoms with Gasteiger partial charge in [-0.2, -0.15) is 0 Å². The van der Waals surface area contributed by atoms with Crippen LogP contribution in [0.3, 0.4) is 0 Å². The van der Waals surface area contributed by atoms with Gasteiger partial charge in [0, 0.05) is 6.92 Å². The van der Waals surface area contributed by atoms with Gasteiger partial charge < -0.3 is 14.5 Å². The third kappa shape index (κ3) is 4.95. The van der Waals surface area contributed by atoms with Crippen molar-refractivity contribution < 1.29 is 18.8 Å². The summed E-state index contributed by atoms with van der Waals surface area (Å²) in [6.45, 7) is 11.8. The normalized spacial score (nSPS) is 24.7. The molecule has 1 aliphatic rings. The van der Waals surface area contributed by atoms with Crippen LogP contribution in [0.25, 0.3) is 0 Å². The molecule has 5 nitrogen and oxygen atoms in total. The molecule has 0 aromatic carbocycles. The lowest BCUT2D eigenvalue weighted by Gasteiger charge is -2.39. The van der Waals surface area contributed by atoms with Gasteiger partial charge in [0.2, 0.25) is 14.9 Å². The molecule has 0 aliphatic carbocycles. The molecule has 109 valence electrons. The van der Waals surface area contributed by atoms with Crippen LogP contribution < -0.4 is 5.32 Å². The van der Waals surface area contributed by atoms with Gasteiger partial charge in [0.1, 0.15) is 5.92 Å². The molecule has 1 N–H and O–H groups in total. The quantitative estimate of drug-likeness (QED) is 0.474. The van der Waals surface area contributed by atoms with E-state index in [9.17, 15) is 9.59 Å². The van der Waals surface area contributed by atoms with Gasteiger partial charge in [-0.1, -0.05) is 20.8 Å². The largest absolute Gasteiger partial charge is 0.441 e. The predicted octanol–water partition coefficient (Wildman–Crippen LogP) is 1.69. The van der Waals surface area contributed by atoms with Crippen molar-refractivity contribution >= 4 is 20.9 Å². The molecule has 3 atom stereocenters. The first-order valence-electron chi connectivity index (χ1n) is 6.57. The number of rotatable bonds is 5. The number of ether oxygens (including phenoxy) is 1. The maximum Gasteiger partial charge on any atom is 0.304 e. The molecule has 1 radical (unpaired) electrons. The first kappa shape index (κ1) is 16.2. The standard InChI is InChI=1S/C13H24NO4Si/c1-8(18-19(6)7-13(3,4)5)10-11(16)14-12(10)17-9(2)15/h8,10,12H,7H2,1-6H3,(H,14,16)/t8-,10+,12-/m1/s1. The Morgan fingerprint density at radius 2 is 2.05 bits per heavy atom. The molecule has 0 saturated carbocycles. The predicted molar refractivity (Wildman–Crippen MR) is 73.6 cm³/mol. The van der Waals surface area contributed by atoms with Crippen molar-refractivity contribution in [2.24, 2.45) is 11.3 Å². The highest BCUT2D eigenvalue weighted by Gasteiger charge is 2.46. The Morgan fingerprint density at radius 1 is 1.47 bits per heavy atom. The number of carbonyl (C=O) groups is 2. The van der Waals surface area contributed by atoms with E-state index in [1.165, 1.54) is 6.92 Å². The molecule has 6 heteroatoms. The average Bonchev–Trinajstić information content (AvgIpc) is 2.11. The lowest BCUT2D eigenvalue weighted by Crippen LogP contribution is -2.64. The fourth-order valence-electron chi connectivity index (χ4n) is 2.29. The first-order valence-corrected chi connectivity index (χ1v) is 8.68. The third-order valence-corrected chi connectivity index (χ3v) is 5.21. The van der Waals surface area contributed by atoms with Crippen LogP contribution in [0.2, 0.25) is 12.6 Å². The molecular formula is C13H24NO4Si. The van der Waals surface area contributed by atoms with Crippen molar-refractivity contribution in [1.82, 2.24) is 5.32 Å². The van der Waals surface area contributed by atoms with Crippen LogP contribution >= 0.6 is 0 Å². The molecule has 1 rings (SSSR count). The summed E-state index contributed by atoms with van der Waals surface area (Å²) in [5.74, 6) is -0.882. The molecule has 0 unspecified atom stereocenters. The topological polar surface area (TPSA) is 64.6 Å². The highest BCUT2D eigenvalue weighted by Crippen LogP contribution is 2.26. The highest BCUT2D eigenvalue weighted by molar-refractivity contribution is 6.50. The molecule has 1 amide bonds. The zero-order chi connectivity index (χ0) is 14.8. The van der Waals surface area contributed by atoms with Crippen LogP contribution in [0.1, 0.15) is 34.6 Å². The summed E-state index contributed by atoms with van der Waals surface area (Å²) >= 11 is 0. The number of carbonyl (C=O) groups excluding carboxylic acids is 2. The molecular weight excluding hydrogens is 262 g/mol. The number of hydrogen-bond donors (Lipinski definition) is 1. The fraction of sp³-hybridized carbons (Fsp3) is 0.846. The minimum absolute atomic E-state index is 0.107. The zero-order valence-electron chi connectivity index (χ0n) is 12.6. The van der Waals surface area contributed by atoms with Crippen molar-refractivity contribution in [3.8, 4) is 0 Å². The van der Waals surface area contributed by atoms with Crippen molar-refractivity contribution in [2.75, 3.05) is 0 Å². The van der Waals surface area contributed by atoms with Crippen molar-refractivity contribution in [1.29, 1.82) is 0 Å². The van der Waals surface area contributed by atoms with E-state index in [1.807, 2.05) is 6.92 Å². The molecule has 19 heavy (non-hydrogen) atoms. The lowest BCUT2D eigenvalue weighted by atomic mass is 9.93. The summed E-state index contributed by atoms with van der Waals surface area (Å²) in [5.41, 5.74) is 0.222. The molecule has 1 fully saturated rings. The second kappa shape index (κ2) is 6.05. The van der Waals surface area contributed by atoms with E-state index in [-0.39, 0.29) is 29.3 Å². The number of hydrogen-bond acceptors (Lipinski definition) is 4. The number of nitrogens with one attached hydrogen (secondary N) is 1.